The summed E-state index contributed by atoms with van der Waals surface area (Å²) >= 11 is 5.96. The number of hydrogen-bond acceptors (Lipinski definition) is 5. The first kappa shape index (κ1) is 22.7. The van der Waals surface area contributed by atoms with E-state index in [1.807, 2.05) is 0 Å². The van der Waals surface area contributed by atoms with Crippen molar-refractivity contribution in [3.8, 4) is 11.1 Å². The van der Waals surface area contributed by atoms with Crippen LogP contribution in [-0.2, 0) is 19.1 Å². The third kappa shape index (κ3) is 4.26. The zero-order chi connectivity index (χ0) is 22.8. The molecule has 0 bridgehead atoms. The molecule has 0 heterocycles. The lowest BCUT2D eigenvalue weighted by Crippen LogP contribution is -2.63. The highest BCUT2D eigenvalue weighted by Gasteiger charge is 2.60. The molecule has 2 aromatic rings. The molecular formula is C22H21ClFNO6. The number of carbonyl (C=O) groups excluding carboxylic acids is 2. The Morgan fingerprint density at radius 2 is 1.90 bits per heavy atom. The number of nitrogens with one attached hydrogen (secondary N) is 1. The minimum atomic E-state index is -1.65. The number of benzene rings is 2. The number of ether oxygens (including phenoxy) is 1. The number of amides is 1. The van der Waals surface area contributed by atoms with Crippen LogP contribution in [0.2, 0.25) is 5.02 Å². The van der Waals surface area contributed by atoms with Gasteiger partial charge in [-0.1, -0.05) is 35.9 Å². The van der Waals surface area contributed by atoms with Gasteiger partial charge in [0.2, 0.25) is 0 Å². The number of esters is 1. The first-order valence-corrected chi connectivity index (χ1v) is 9.98. The molecule has 1 saturated carbocycles. The number of aliphatic hydroxyl groups is 1. The third-order valence-corrected chi connectivity index (χ3v) is 5.80. The van der Waals surface area contributed by atoms with Gasteiger partial charge in [0.15, 0.2) is 0 Å². The number of carboxylic acids is 1. The van der Waals surface area contributed by atoms with Crippen LogP contribution in [0.3, 0.4) is 0 Å². The number of aliphatic carboxylic acids is 1. The summed E-state index contributed by atoms with van der Waals surface area (Å²) in [5.41, 5.74) is 0.0762. The normalized spacial score (nSPS) is 22.3. The molecule has 1 aliphatic carbocycles. The molecule has 1 unspecified atom stereocenters. The molecule has 0 spiro atoms. The summed E-state index contributed by atoms with van der Waals surface area (Å²) in [6.45, 7) is 1.20. The quantitative estimate of drug-likeness (QED) is 0.461. The topological polar surface area (TPSA) is 113 Å². The summed E-state index contributed by atoms with van der Waals surface area (Å²) < 4.78 is 19.3. The van der Waals surface area contributed by atoms with E-state index in [4.69, 9.17) is 21.4 Å². The molecule has 0 aromatic heterocycles. The first-order chi connectivity index (χ1) is 14.7. The minimum Gasteiger partial charge on any atom is -0.474 e. The smallest absolute Gasteiger partial charge is 0.394 e. The number of carbonyl (C=O) groups is 3. The van der Waals surface area contributed by atoms with E-state index in [1.165, 1.54) is 18.2 Å². The highest BCUT2D eigenvalue weighted by atomic mass is 35.5. The predicted octanol–water partition coefficient (Wildman–Crippen LogP) is 2.74. The first-order valence-electron chi connectivity index (χ1n) is 9.60. The van der Waals surface area contributed by atoms with Gasteiger partial charge in [-0.25, -0.2) is 9.18 Å². The van der Waals surface area contributed by atoms with Crippen LogP contribution >= 0.6 is 11.6 Å². The zero-order valence-corrected chi connectivity index (χ0v) is 17.4. The van der Waals surface area contributed by atoms with Gasteiger partial charge in [0, 0.05) is 22.5 Å². The van der Waals surface area contributed by atoms with Crippen LogP contribution in [0, 0.1) is 11.2 Å². The maximum absolute atomic E-state index is 14.2. The van der Waals surface area contributed by atoms with Crippen molar-refractivity contribution in [3.63, 3.8) is 0 Å². The molecule has 31 heavy (non-hydrogen) atoms. The van der Waals surface area contributed by atoms with Crippen molar-refractivity contribution < 1.29 is 33.7 Å². The molecule has 1 aliphatic rings. The molecule has 0 aliphatic heterocycles. The Hall–Kier alpha value is -2.97. The second-order valence-corrected chi connectivity index (χ2v) is 7.78. The summed E-state index contributed by atoms with van der Waals surface area (Å²) in [5, 5.41) is 21.7. The van der Waals surface area contributed by atoms with Gasteiger partial charge >= 0.3 is 17.8 Å². The Morgan fingerprint density at radius 1 is 1.23 bits per heavy atom. The van der Waals surface area contributed by atoms with Gasteiger partial charge in [-0.15, -0.1) is 0 Å². The van der Waals surface area contributed by atoms with Gasteiger partial charge in [-0.3, -0.25) is 9.59 Å². The van der Waals surface area contributed by atoms with Crippen LogP contribution in [0.4, 0.5) is 4.39 Å². The second-order valence-electron chi connectivity index (χ2n) is 7.35. The van der Waals surface area contributed by atoms with Crippen LogP contribution in [0.15, 0.2) is 42.5 Å². The lowest BCUT2D eigenvalue weighted by Gasteiger charge is -2.52. The number of aliphatic hydroxyl groups excluding tert-OH is 1. The molecule has 2 aromatic carbocycles. The van der Waals surface area contributed by atoms with Crippen molar-refractivity contribution in [2.24, 2.45) is 5.41 Å². The zero-order valence-electron chi connectivity index (χ0n) is 16.6. The van der Waals surface area contributed by atoms with Gasteiger partial charge in [0.05, 0.1) is 13.2 Å². The number of carboxylic acid groups (broad SMARTS) is 1. The molecule has 1 fully saturated rings. The molecular weight excluding hydrogens is 429 g/mol. The fraction of sp³-hybridized carbons (Fsp3) is 0.318. The number of halogens is 2. The van der Waals surface area contributed by atoms with E-state index in [-0.39, 0.29) is 13.0 Å². The highest BCUT2D eigenvalue weighted by Crippen LogP contribution is 2.54. The molecule has 3 N–H and O–H groups in total. The Morgan fingerprint density at radius 3 is 2.48 bits per heavy atom. The fourth-order valence-corrected chi connectivity index (χ4v) is 4.25. The van der Waals surface area contributed by atoms with Crippen LogP contribution in [0.5, 0.6) is 0 Å². The minimum absolute atomic E-state index is 0.0245. The monoisotopic (exact) mass is 449 g/mol. The Labute approximate surface area is 182 Å². The third-order valence-electron chi connectivity index (χ3n) is 5.57. The van der Waals surface area contributed by atoms with Crippen LogP contribution < -0.4 is 5.32 Å². The largest absolute Gasteiger partial charge is 0.474 e. The van der Waals surface area contributed by atoms with E-state index in [2.05, 4.69) is 5.32 Å². The Bertz CT molecular complexity index is 1010. The van der Waals surface area contributed by atoms with Gasteiger partial charge < -0.3 is 20.3 Å². The van der Waals surface area contributed by atoms with Crippen molar-refractivity contribution in [1.29, 1.82) is 0 Å². The lowest BCUT2D eigenvalue weighted by molar-refractivity contribution is -0.171. The highest BCUT2D eigenvalue weighted by molar-refractivity contribution is 6.31. The molecule has 0 saturated heterocycles. The van der Waals surface area contributed by atoms with Crippen molar-refractivity contribution in [2.75, 3.05) is 13.2 Å². The maximum Gasteiger partial charge on any atom is 0.394 e. The van der Waals surface area contributed by atoms with Gasteiger partial charge in [-0.2, -0.15) is 0 Å². The standard InChI is InChI=1S/C22H21ClFNO6/c1-2-31-21(30)22(11-26)10-17(25-19(27)20(28)29)18(22)13-5-3-12(4-6-13)15-9-14(23)7-8-16(15)24/h3-9,17-18,26H,2,10-11H2,1H3,(H,25,27)(H,28,29)/t17-,18?,22-/m0/s1. The van der Waals surface area contributed by atoms with E-state index in [0.29, 0.717) is 21.7 Å². The molecule has 3 rings (SSSR count). The summed E-state index contributed by atoms with van der Waals surface area (Å²) in [4.78, 5) is 35.3. The lowest BCUT2D eigenvalue weighted by atomic mass is 9.54. The maximum atomic E-state index is 14.2. The van der Waals surface area contributed by atoms with E-state index in [9.17, 15) is 23.9 Å². The summed E-state index contributed by atoms with van der Waals surface area (Å²) in [7, 11) is 0. The summed E-state index contributed by atoms with van der Waals surface area (Å²) in [5.74, 6) is -4.67. The van der Waals surface area contributed by atoms with Crippen LogP contribution in [0.1, 0.15) is 24.8 Å². The van der Waals surface area contributed by atoms with Gasteiger partial charge in [-0.05, 0) is 42.7 Å². The number of rotatable bonds is 6. The molecule has 9 heteroatoms. The van der Waals surface area contributed by atoms with E-state index in [0.717, 1.165) is 0 Å². The van der Waals surface area contributed by atoms with Crippen molar-refractivity contribution in [1.82, 2.24) is 5.32 Å². The van der Waals surface area contributed by atoms with E-state index < -0.39 is 47.6 Å². The SMILES string of the molecule is CCOC(=O)[C@]1(CO)C[C@H](NC(=O)C(=O)O)C1c1ccc(-c2cc(Cl)ccc2F)cc1. The van der Waals surface area contributed by atoms with E-state index in [1.54, 1.807) is 31.2 Å². The van der Waals surface area contributed by atoms with Gasteiger partial charge in [0.25, 0.3) is 0 Å². The molecule has 0 radical (unpaired) electrons. The fourth-order valence-electron chi connectivity index (χ4n) is 4.08. The second kappa shape index (κ2) is 9.03. The van der Waals surface area contributed by atoms with Crippen LogP contribution in [-0.4, -0.2) is 47.3 Å². The molecule has 7 nitrogen and oxygen atoms in total. The average molecular weight is 450 g/mol. The van der Waals surface area contributed by atoms with Crippen molar-refractivity contribution in [3.05, 3.63) is 58.9 Å². The van der Waals surface area contributed by atoms with Crippen molar-refractivity contribution >= 4 is 29.4 Å². The van der Waals surface area contributed by atoms with Gasteiger partial charge in [0.1, 0.15) is 11.2 Å². The van der Waals surface area contributed by atoms with E-state index >= 15 is 0 Å². The van der Waals surface area contributed by atoms with Crippen molar-refractivity contribution in [2.45, 2.75) is 25.3 Å². The molecule has 3 atom stereocenters. The molecule has 164 valence electrons. The Balaban J connectivity index is 1.97. The molecule has 1 amide bonds. The Kier molecular flexibility index (Phi) is 6.62. The van der Waals surface area contributed by atoms with Crippen LogP contribution in [0.25, 0.3) is 11.1 Å². The predicted molar refractivity (Wildman–Crippen MR) is 110 cm³/mol. The summed E-state index contributed by atoms with van der Waals surface area (Å²) in [6.07, 6.45) is 0.0245. The summed E-state index contributed by atoms with van der Waals surface area (Å²) in [6, 6.07) is 10.0. The number of hydrogen-bond donors (Lipinski definition) is 3. The average Bonchev–Trinajstić information content (AvgIpc) is 2.73.